The van der Waals surface area contributed by atoms with Gasteiger partial charge in [-0.3, -0.25) is 4.79 Å². The summed E-state index contributed by atoms with van der Waals surface area (Å²) in [5, 5.41) is 0.413. The summed E-state index contributed by atoms with van der Waals surface area (Å²) in [5.74, 6) is -0.301. The molecule has 0 fully saturated rings. The summed E-state index contributed by atoms with van der Waals surface area (Å²) in [5.41, 5.74) is 5.98. The minimum atomic E-state index is -0.411. The number of hydrogen-bond acceptors (Lipinski definition) is 4. The van der Waals surface area contributed by atoms with Crippen LogP contribution in [-0.4, -0.2) is 16.3 Å². The lowest BCUT2D eigenvalue weighted by Crippen LogP contribution is -2.00. The summed E-state index contributed by atoms with van der Waals surface area (Å²) in [6, 6.07) is 3.94. The van der Waals surface area contributed by atoms with Gasteiger partial charge in [0.25, 0.3) is 0 Å². The lowest BCUT2D eigenvalue weighted by molar-refractivity contribution is 0.111. The molecule has 4 nitrogen and oxygen atoms in total. The summed E-state index contributed by atoms with van der Waals surface area (Å²) in [6.07, 6.45) is 0.499. The summed E-state index contributed by atoms with van der Waals surface area (Å²) < 4.78 is 12.8. The van der Waals surface area contributed by atoms with Gasteiger partial charge in [0.05, 0.1) is 5.52 Å². The number of rotatable bonds is 1. The van der Waals surface area contributed by atoms with Gasteiger partial charge in [-0.15, -0.1) is 0 Å². The van der Waals surface area contributed by atoms with E-state index in [0.29, 0.717) is 17.2 Å². The van der Waals surface area contributed by atoms with Gasteiger partial charge in [0, 0.05) is 5.39 Å². The van der Waals surface area contributed by atoms with Gasteiger partial charge in [-0.25, -0.2) is 14.4 Å². The minimum Gasteiger partial charge on any atom is -0.383 e. The molecule has 14 heavy (non-hydrogen) atoms. The second-order valence-electron chi connectivity index (χ2n) is 2.75. The van der Waals surface area contributed by atoms with Gasteiger partial charge in [-0.2, -0.15) is 0 Å². The lowest BCUT2D eigenvalue weighted by Gasteiger charge is -2.01. The van der Waals surface area contributed by atoms with E-state index in [2.05, 4.69) is 9.97 Å². The molecule has 0 spiro atoms. The Hall–Kier alpha value is -2.04. The van der Waals surface area contributed by atoms with Gasteiger partial charge in [-0.05, 0) is 18.2 Å². The number of benzene rings is 1. The van der Waals surface area contributed by atoms with Crippen LogP contribution >= 0.6 is 0 Å². The first kappa shape index (κ1) is 8.55. The molecule has 0 aliphatic carbocycles. The average Bonchev–Trinajstić information content (AvgIpc) is 2.19. The Morgan fingerprint density at radius 1 is 1.36 bits per heavy atom. The van der Waals surface area contributed by atoms with Gasteiger partial charge in [0.15, 0.2) is 12.1 Å². The smallest absolute Gasteiger partial charge is 0.195 e. The molecule has 0 saturated heterocycles. The van der Waals surface area contributed by atoms with Crippen LogP contribution in [0.4, 0.5) is 10.2 Å². The predicted molar refractivity (Wildman–Crippen MR) is 49.3 cm³/mol. The molecule has 2 N–H and O–H groups in total. The zero-order valence-electron chi connectivity index (χ0n) is 7.07. The summed E-state index contributed by atoms with van der Waals surface area (Å²) >= 11 is 0. The summed E-state index contributed by atoms with van der Waals surface area (Å²) in [4.78, 5) is 18.0. The molecule has 0 atom stereocenters. The minimum absolute atomic E-state index is 0.00149. The Kier molecular flexibility index (Phi) is 1.85. The molecule has 1 aromatic carbocycles. The number of carbonyl (C=O) groups excluding carboxylic acids is 1. The Balaban J connectivity index is 2.82. The third-order valence-electron chi connectivity index (χ3n) is 1.81. The number of anilines is 1. The second kappa shape index (κ2) is 3.02. The highest BCUT2D eigenvalue weighted by atomic mass is 19.1. The van der Waals surface area contributed by atoms with Crippen LogP contribution in [0.2, 0.25) is 0 Å². The van der Waals surface area contributed by atoms with Gasteiger partial charge in [-0.1, -0.05) is 0 Å². The zero-order chi connectivity index (χ0) is 10.1. The number of aromatic nitrogens is 2. The van der Waals surface area contributed by atoms with Gasteiger partial charge in [0.1, 0.15) is 11.6 Å². The Morgan fingerprint density at radius 3 is 2.86 bits per heavy atom. The SMILES string of the molecule is Nc1nc(C=O)nc2ccc(F)cc12. The summed E-state index contributed by atoms with van der Waals surface area (Å²) in [6.45, 7) is 0. The van der Waals surface area contributed by atoms with Crippen molar-refractivity contribution in [3.05, 3.63) is 29.8 Å². The third-order valence-corrected chi connectivity index (χ3v) is 1.81. The second-order valence-corrected chi connectivity index (χ2v) is 2.75. The molecule has 0 aliphatic heterocycles. The Morgan fingerprint density at radius 2 is 2.14 bits per heavy atom. The van der Waals surface area contributed by atoms with E-state index in [-0.39, 0.29) is 11.6 Å². The topological polar surface area (TPSA) is 68.9 Å². The molecule has 0 radical (unpaired) electrons. The van der Waals surface area contributed by atoms with E-state index < -0.39 is 5.82 Å². The average molecular weight is 191 g/mol. The van der Waals surface area contributed by atoms with Crippen molar-refractivity contribution in [1.82, 2.24) is 9.97 Å². The van der Waals surface area contributed by atoms with E-state index in [9.17, 15) is 9.18 Å². The summed E-state index contributed by atoms with van der Waals surface area (Å²) in [7, 11) is 0. The molecule has 1 aromatic heterocycles. The van der Waals surface area contributed by atoms with Crippen molar-refractivity contribution in [2.45, 2.75) is 0 Å². The van der Waals surface area contributed by atoms with Crippen molar-refractivity contribution in [3.8, 4) is 0 Å². The monoisotopic (exact) mass is 191 g/mol. The Bertz CT molecular complexity index is 513. The van der Waals surface area contributed by atoms with Gasteiger partial charge < -0.3 is 5.73 Å². The first-order valence-corrected chi connectivity index (χ1v) is 3.88. The number of nitrogens with two attached hydrogens (primary N) is 1. The molecule has 0 unspecified atom stereocenters. The van der Waals surface area contributed by atoms with Crippen molar-refractivity contribution >= 4 is 23.0 Å². The lowest BCUT2D eigenvalue weighted by atomic mass is 10.2. The maximum atomic E-state index is 12.8. The van der Waals surface area contributed by atoms with Crippen molar-refractivity contribution in [2.24, 2.45) is 0 Å². The van der Waals surface area contributed by atoms with Crippen molar-refractivity contribution < 1.29 is 9.18 Å². The number of aldehydes is 1. The van der Waals surface area contributed by atoms with Gasteiger partial charge >= 0.3 is 0 Å². The van der Waals surface area contributed by atoms with E-state index in [0.717, 1.165) is 0 Å². The number of hydrogen-bond donors (Lipinski definition) is 1. The van der Waals surface area contributed by atoms with Gasteiger partial charge in [0.2, 0.25) is 0 Å². The van der Waals surface area contributed by atoms with Crippen LogP contribution in [0.5, 0.6) is 0 Å². The van der Waals surface area contributed by atoms with E-state index in [4.69, 9.17) is 5.73 Å². The number of nitrogen functional groups attached to an aromatic ring is 1. The normalized spacial score (nSPS) is 10.4. The van der Waals surface area contributed by atoms with Crippen LogP contribution in [-0.2, 0) is 0 Å². The predicted octanol–water partition coefficient (Wildman–Crippen LogP) is 1.16. The first-order chi connectivity index (χ1) is 6.70. The molecule has 70 valence electrons. The largest absolute Gasteiger partial charge is 0.383 e. The molecule has 5 heteroatoms. The fourth-order valence-corrected chi connectivity index (χ4v) is 1.20. The maximum Gasteiger partial charge on any atom is 0.195 e. The van der Waals surface area contributed by atoms with Crippen molar-refractivity contribution in [3.63, 3.8) is 0 Å². The van der Waals surface area contributed by atoms with Crippen LogP contribution in [0.3, 0.4) is 0 Å². The molecule has 0 saturated carbocycles. The van der Waals surface area contributed by atoms with E-state index in [1.165, 1.54) is 18.2 Å². The molecular formula is C9H6FN3O. The molecular weight excluding hydrogens is 185 g/mol. The van der Waals surface area contributed by atoms with Crippen LogP contribution in [0.1, 0.15) is 10.6 Å². The number of halogens is 1. The van der Waals surface area contributed by atoms with Crippen molar-refractivity contribution in [1.29, 1.82) is 0 Å². The number of fused-ring (bicyclic) bond motifs is 1. The number of nitrogens with zero attached hydrogens (tertiary/aromatic N) is 2. The quantitative estimate of drug-likeness (QED) is 0.687. The maximum absolute atomic E-state index is 12.8. The fourth-order valence-electron chi connectivity index (χ4n) is 1.20. The Labute approximate surface area is 78.6 Å². The molecule has 2 rings (SSSR count). The zero-order valence-corrected chi connectivity index (χ0v) is 7.07. The van der Waals surface area contributed by atoms with E-state index in [1.807, 2.05) is 0 Å². The van der Waals surface area contributed by atoms with Crippen LogP contribution < -0.4 is 5.73 Å². The number of carbonyl (C=O) groups is 1. The van der Waals surface area contributed by atoms with Crippen LogP contribution in [0.15, 0.2) is 18.2 Å². The van der Waals surface area contributed by atoms with E-state index >= 15 is 0 Å². The standard InChI is InChI=1S/C9H6FN3O/c10-5-1-2-7-6(3-5)9(11)13-8(4-14)12-7/h1-4H,(H2,11,12,13). The molecule has 1 heterocycles. The molecule has 0 aliphatic rings. The molecule has 0 amide bonds. The molecule has 0 bridgehead atoms. The van der Waals surface area contributed by atoms with Crippen LogP contribution in [0.25, 0.3) is 10.9 Å². The van der Waals surface area contributed by atoms with Crippen molar-refractivity contribution in [2.75, 3.05) is 5.73 Å². The fraction of sp³-hybridized carbons (Fsp3) is 0. The van der Waals surface area contributed by atoms with E-state index in [1.54, 1.807) is 0 Å². The van der Waals surface area contributed by atoms with Crippen LogP contribution in [0, 0.1) is 5.82 Å². The highest BCUT2D eigenvalue weighted by Gasteiger charge is 2.04. The highest BCUT2D eigenvalue weighted by molar-refractivity contribution is 5.90. The highest BCUT2D eigenvalue weighted by Crippen LogP contribution is 2.18. The third kappa shape index (κ3) is 1.28. The first-order valence-electron chi connectivity index (χ1n) is 3.88. The molecule has 2 aromatic rings.